The maximum atomic E-state index is 6.48. The van der Waals surface area contributed by atoms with Crippen molar-refractivity contribution in [3.63, 3.8) is 0 Å². The van der Waals surface area contributed by atoms with E-state index in [4.69, 9.17) is 14.9 Å². The average molecular weight is 287 g/mol. The molecule has 1 aliphatic rings. The minimum absolute atomic E-state index is 0.0362. The van der Waals surface area contributed by atoms with Crippen molar-refractivity contribution in [2.75, 3.05) is 6.61 Å². The zero-order valence-electron chi connectivity index (χ0n) is 12.8. The first kappa shape index (κ1) is 14.6. The van der Waals surface area contributed by atoms with Gasteiger partial charge in [-0.3, -0.25) is 0 Å². The smallest absolute Gasteiger partial charge is 0.134 e. The second-order valence-electron chi connectivity index (χ2n) is 5.96. The van der Waals surface area contributed by atoms with E-state index in [0.717, 1.165) is 37.2 Å². The highest BCUT2D eigenvalue weighted by Gasteiger charge is 2.21. The molecule has 0 amide bonds. The quantitative estimate of drug-likeness (QED) is 0.889. The molecule has 0 aliphatic carbocycles. The summed E-state index contributed by atoms with van der Waals surface area (Å²) in [7, 11) is 0. The van der Waals surface area contributed by atoms with Crippen molar-refractivity contribution in [1.82, 2.24) is 0 Å². The predicted octanol–water partition coefficient (Wildman–Crippen LogP) is 4.34. The van der Waals surface area contributed by atoms with Gasteiger partial charge in [0.15, 0.2) is 0 Å². The van der Waals surface area contributed by atoms with E-state index in [1.54, 1.807) is 0 Å². The van der Waals surface area contributed by atoms with Gasteiger partial charge in [-0.2, -0.15) is 0 Å². The molecule has 1 fully saturated rings. The van der Waals surface area contributed by atoms with Gasteiger partial charge in [0.1, 0.15) is 11.3 Å². The highest BCUT2D eigenvalue weighted by Crippen LogP contribution is 2.33. The maximum absolute atomic E-state index is 6.48. The molecule has 2 N–H and O–H groups in total. The van der Waals surface area contributed by atoms with Crippen LogP contribution >= 0.6 is 0 Å². The normalized spacial score (nSPS) is 20.8. The SMILES string of the molecule is CCc1oc2ccccc2c1C(N)CCC1CCCCO1. The molecule has 3 rings (SSSR count). The molecule has 1 aliphatic heterocycles. The summed E-state index contributed by atoms with van der Waals surface area (Å²) in [5.41, 5.74) is 8.63. The molecule has 0 radical (unpaired) electrons. The molecular weight excluding hydrogens is 262 g/mol. The minimum atomic E-state index is 0.0362. The molecule has 2 aromatic rings. The lowest BCUT2D eigenvalue weighted by atomic mass is 9.95. The third-order valence-corrected chi connectivity index (χ3v) is 4.48. The van der Waals surface area contributed by atoms with Crippen molar-refractivity contribution in [2.24, 2.45) is 5.73 Å². The predicted molar refractivity (Wildman–Crippen MR) is 85.3 cm³/mol. The number of rotatable bonds is 5. The molecule has 0 spiro atoms. The van der Waals surface area contributed by atoms with Gasteiger partial charge in [0.25, 0.3) is 0 Å². The van der Waals surface area contributed by atoms with E-state index >= 15 is 0 Å². The molecule has 3 nitrogen and oxygen atoms in total. The number of fused-ring (bicyclic) bond motifs is 1. The van der Waals surface area contributed by atoms with Crippen molar-refractivity contribution < 1.29 is 9.15 Å². The van der Waals surface area contributed by atoms with Crippen molar-refractivity contribution in [2.45, 2.75) is 57.6 Å². The minimum Gasteiger partial charge on any atom is -0.461 e. The Balaban J connectivity index is 1.75. The topological polar surface area (TPSA) is 48.4 Å². The van der Waals surface area contributed by atoms with Gasteiger partial charge in [0, 0.05) is 30.0 Å². The van der Waals surface area contributed by atoms with Gasteiger partial charge in [0.05, 0.1) is 6.10 Å². The van der Waals surface area contributed by atoms with E-state index in [0.29, 0.717) is 6.10 Å². The number of aryl methyl sites for hydroxylation is 1. The molecular formula is C18H25NO2. The number of ether oxygens (including phenoxy) is 1. The van der Waals surface area contributed by atoms with Crippen LogP contribution in [-0.2, 0) is 11.2 Å². The Bertz CT molecular complexity index is 584. The zero-order chi connectivity index (χ0) is 14.7. The fourth-order valence-electron chi connectivity index (χ4n) is 3.33. The molecule has 1 aromatic heterocycles. The Morgan fingerprint density at radius 1 is 1.29 bits per heavy atom. The summed E-state index contributed by atoms with van der Waals surface area (Å²) in [4.78, 5) is 0. The third-order valence-electron chi connectivity index (χ3n) is 4.48. The van der Waals surface area contributed by atoms with E-state index in [2.05, 4.69) is 19.1 Å². The van der Waals surface area contributed by atoms with Crippen LogP contribution in [0, 0.1) is 0 Å². The highest BCUT2D eigenvalue weighted by molar-refractivity contribution is 5.82. The van der Waals surface area contributed by atoms with Gasteiger partial charge in [-0.05, 0) is 38.2 Å². The van der Waals surface area contributed by atoms with E-state index in [-0.39, 0.29) is 6.04 Å². The van der Waals surface area contributed by atoms with Crippen LogP contribution in [0.2, 0.25) is 0 Å². The first-order valence-electron chi connectivity index (χ1n) is 8.17. The van der Waals surface area contributed by atoms with Crippen molar-refractivity contribution in [3.8, 4) is 0 Å². The van der Waals surface area contributed by atoms with Gasteiger partial charge in [0.2, 0.25) is 0 Å². The number of nitrogens with two attached hydrogens (primary N) is 1. The Morgan fingerprint density at radius 2 is 2.14 bits per heavy atom. The van der Waals surface area contributed by atoms with Gasteiger partial charge in [-0.15, -0.1) is 0 Å². The third kappa shape index (κ3) is 3.14. The highest BCUT2D eigenvalue weighted by atomic mass is 16.5. The Hall–Kier alpha value is -1.32. The molecule has 114 valence electrons. The zero-order valence-corrected chi connectivity index (χ0v) is 12.8. The maximum Gasteiger partial charge on any atom is 0.134 e. The first-order valence-corrected chi connectivity index (χ1v) is 8.17. The summed E-state index contributed by atoms with van der Waals surface area (Å²) in [5.74, 6) is 1.04. The average Bonchev–Trinajstić information content (AvgIpc) is 2.92. The summed E-state index contributed by atoms with van der Waals surface area (Å²) in [6, 6.07) is 8.24. The molecule has 3 heteroatoms. The summed E-state index contributed by atoms with van der Waals surface area (Å²) < 4.78 is 11.8. The first-order chi connectivity index (χ1) is 10.3. The largest absolute Gasteiger partial charge is 0.461 e. The van der Waals surface area contributed by atoms with E-state index < -0.39 is 0 Å². The fourth-order valence-corrected chi connectivity index (χ4v) is 3.33. The molecule has 0 saturated carbocycles. The monoisotopic (exact) mass is 287 g/mol. The van der Waals surface area contributed by atoms with Crippen molar-refractivity contribution >= 4 is 11.0 Å². The van der Waals surface area contributed by atoms with E-state index in [1.807, 2.05) is 12.1 Å². The van der Waals surface area contributed by atoms with Crippen LogP contribution < -0.4 is 5.73 Å². The van der Waals surface area contributed by atoms with E-state index in [9.17, 15) is 0 Å². The van der Waals surface area contributed by atoms with Gasteiger partial charge >= 0.3 is 0 Å². The van der Waals surface area contributed by atoms with Crippen molar-refractivity contribution in [3.05, 3.63) is 35.6 Å². The molecule has 1 saturated heterocycles. The molecule has 0 bridgehead atoms. The Kier molecular flexibility index (Phi) is 4.61. The molecule has 2 unspecified atom stereocenters. The number of hydrogen-bond donors (Lipinski definition) is 1. The molecule has 1 aromatic carbocycles. The summed E-state index contributed by atoms with van der Waals surface area (Å²) in [6.45, 7) is 3.03. The standard InChI is InChI=1S/C18H25NO2/c1-2-16-18(14-8-3-4-9-17(14)21-16)15(19)11-10-13-7-5-6-12-20-13/h3-4,8-9,13,15H,2,5-7,10-12,19H2,1H3. The molecule has 2 heterocycles. The fraction of sp³-hybridized carbons (Fsp3) is 0.556. The number of para-hydroxylation sites is 1. The lowest BCUT2D eigenvalue weighted by Gasteiger charge is -2.23. The van der Waals surface area contributed by atoms with Crippen LogP contribution in [-0.4, -0.2) is 12.7 Å². The van der Waals surface area contributed by atoms with Crippen LogP contribution in [0.25, 0.3) is 11.0 Å². The van der Waals surface area contributed by atoms with Crippen LogP contribution in [0.4, 0.5) is 0 Å². The lowest BCUT2D eigenvalue weighted by molar-refractivity contribution is 0.00911. The Labute approximate surface area is 126 Å². The summed E-state index contributed by atoms with van der Waals surface area (Å²) >= 11 is 0. The Morgan fingerprint density at radius 3 is 2.90 bits per heavy atom. The number of hydrogen-bond acceptors (Lipinski definition) is 3. The second kappa shape index (κ2) is 6.63. The number of benzene rings is 1. The van der Waals surface area contributed by atoms with E-state index in [1.165, 1.54) is 30.2 Å². The lowest BCUT2D eigenvalue weighted by Crippen LogP contribution is -2.21. The molecule has 21 heavy (non-hydrogen) atoms. The summed E-state index contributed by atoms with van der Waals surface area (Å²) in [5, 5.41) is 1.17. The van der Waals surface area contributed by atoms with Crippen LogP contribution in [0.1, 0.15) is 56.4 Å². The summed E-state index contributed by atoms with van der Waals surface area (Å²) in [6.07, 6.45) is 6.96. The molecule has 2 atom stereocenters. The van der Waals surface area contributed by atoms with Gasteiger partial charge < -0.3 is 14.9 Å². The van der Waals surface area contributed by atoms with Gasteiger partial charge in [-0.25, -0.2) is 0 Å². The second-order valence-corrected chi connectivity index (χ2v) is 5.96. The van der Waals surface area contributed by atoms with Crippen LogP contribution in [0.3, 0.4) is 0 Å². The van der Waals surface area contributed by atoms with Crippen LogP contribution in [0.15, 0.2) is 28.7 Å². The number of furan rings is 1. The van der Waals surface area contributed by atoms with Crippen molar-refractivity contribution in [1.29, 1.82) is 0 Å². The van der Waals surface area contributed by atoms with Crippen LogP contribution in [0.5, 0.6) is 0 Å². The van der Waals surface area contributed by atoms with Gasteiger partial charge in [-0.1, -0.05) is 25.1 Å².